The number of amides is 3. The van der Waals surface area contributed by atoms with Crippen LogP contribution in [0.5, 0.6) is 0 Å². The zero-order valence-corrected chi connectivity index (χ0v) is 10.3. The molecule has 0 heterocycles. The lowest BCUT2D eigenvalue weighted by Gasteiger charge is -2.21. The quantitative estimate of drug-likeness (QED) is 0.546. The highest BCUT2D eigenvalue weighted by Gasteiger charge is 2.16. The van der Waals surface area contributed by atoms with E-state index in [1.807, 2.05) is 10.5 Å². The maximum Gasteiger partial charge on any atom is 0.409 e. The number of nitrogens with one attached hydrogen (secondary N) is 2. The lowest BCUT2D eigenvalue weighted by molar-refractivity contribution is -0.119. The lowest BCUT2D eigenvalue weighted by atomic mass is 10.3. The second-order valence-corrected chi connectivity index (χ2v) is 3.32. The van der Waals surface area contributed by atoms with Crippen molar-refractivity contribution in [3.05, 3.63) is 0 Å². The van der Waals surface area contributed by atoms with Gasteiger partial charge >= 0.3 is 6.09 Å². The predicted octanol–water partition coefficient (Wildman–Crippen LogP) is -1.38. The summed E-state index contributed by atoms with van der Waals surface area (Å²) in [5.74, 6) is -0.819. The Morgan fingerprint density at radius 1 is 1.06 bits per heavy atom. The molecule has 7 nitrogen and oxygen atoms in total. The fourth-order valence-corrected chi connectivity index (χ4v) is 1.13. The van der Waals surface area contributed by atoms with E-state index in [0.29, 0.717) is 0 Å². The van der Waals surface area contributed by atoms with Crippen LogP contribution in [0.25, 0.3) is 0 Å². The molecule has 96 valence electrons. The van der Waals surface area contributed by atoms with Crippen LogP contribution in [0, 0.1) is 0 Å². The molecular weight excluding hydrogens is 236 g/mol. The zero-order valence-electron chi connectivity index (χ0n) is 10.3. The molecule has 0 aromatic heterocycles. The average molecular weight is 251 g/mol. The normalized spacial score (nSPS) is 9.39. The summed E-state index contributed by atoms with van der Waals surface area (Å²) in [6, 6.07) is 0. The first-order valence-corrected chi connectivity index (χ1v) is 5.45. The van der Waals surface area contributed by atoms with E-state index in [0.717, 1.165) is 0 Å². The Hall–Kier alpha value is -1.66. The maximum absolute atomic E-state index is 11.5. The lowest BCUT2D eigenvalue weighted by Crippen LogP contribution is -2.37. The van der Waals surface area contributed by atoms with Gasteiger partial charge in [-0.1, -0.05) is 0 Å². The van der Waals surface area contributed by atoms with E-state index in [-0.39, 0.29) is 32.5 Å². The Kier molecular flexibility index (Phi) is 8.51. The van der Waals surface area contributed by atoms with Crippen LogP contribution in [0.4, 0.5) is 4.79 Å². The molecule has 0 aromatic rings. The minimum atomic E-state index is -0.591. The van der Waals surface area contributed by atoms with Crippen LogP contribution < -0.4 is 10.5 Å². The molecule has 0 fully saturated rings. The molecule has 4 radical (unpaired) electrons. The number of nitrogens with zero attached hydrogens (tertiary/aromatic N) is 1. The molecule has 0 unspecified atom stereocenters. The highest BCUT2D eigenvalue weighted by atomic mass is 16.6. The van der Waals surface area contributed by atoms with E-state index >= 15 is 0 Å². The topological polar surface area (TPSA) is 87.7 Å². The first-order valence-electron chi connectivity index (χ1n) is 5.45. The number of carbonyl (C=O) groups excluding carboxylic acids is 3. The van der Waals surface area contributed by atoms with Gasteiger partial charge in [0.1, 0.15) is 0 Å². The second kappa shape index (κ2) is 9.38. The van der Waals surface area contributed by atoms with Crippen LogP contribution in [0.2, 0.25) is 0 Å². The van der Waals surface area contributed by atoms with Crippen molar-refractivity contribution in [2.24, 2.45) is 0 Å². The van der Waals surface area contributed by atoms with Gasteiger partial charge in [-0.3, -0.25) is 9.59 Å². The molecule has 0 bridgehead atoms. The van der Waals surface area contributed by atoms with E-state index in [1.165, 1.54) is 4.90 Å². The van der Waals surface area contributed by atoms with Crippen LogP contribution in [0.15, 0.2) is 0 Å². The predicted molar refractivity (Wildman–Crippen MR) is 65.6 cm³/mol. The molecule has 9 heteroatoms. The molecule has 0 atom stereocenters. The summed E-state index contributed by atoms with van der Waals surface area (Å²) >= 11 is 0. The fraction of sp³-hybridized carbons (Fsp3) is 0.667. The summed E-state index contributed by atoms with van der Waals surface area (Å²) in [7, 11) is 9.84. The third kappa shape index (κ3) is 6.82. The number of ether oxygens (including phenoxy) is 1. The van der Waals surface area contributed by atoms with Gasteiger partial charge in [0.15, 0.2) is 0 Å². The first kappa shape index (κ1) is 16.3. The zero-order chi connectivity index (χ0) is 14.0. The van der Waals surface area contributed by atoms with Gasteiger partial charge in [0, 0.05) is 25.9 Å². The first-order chi connectivity index (χ1) is 8.54. The molecule has 0 rings (SSSR count). The van der Waals surface area contributed by atoms with Crippen molar-refractivity contribution in [3.8, 4) is 0 Å². The van der Waals surface area contributed by atoms with Crippen molar-refractivity contribution in [1.29, 1.82) is 0 Å². The summed E-state index contributed by atoms with van der Waals surface area (Å²) in [6.45, 7) is 2.09. The van der Waals surface area contributed by atoms with E-state index in [4.69, 9.17) is 20.7 Å². The molecule has 0 spiro atoms. The third-order valence-corrected chi connectivity index (χ3v) is 2.07. The molecule has 0 aliphatic heterocycles. The molecule has 0 aromatic carbocycles. The Labute approximate surface area is 108 Å². The molecule has 18 heavy (non-hydrogen) atoms. The average Bonchev–Trinajstić information content (AvgIpc) is 2.37. The van der Waals surface area contributed by atoms with Crippen LogP contribution in [-0.4, -0.2) is 58.5 Å². The minimum absolute atomic E-state index is 0.0273. The van der Waals surface area contributed by atoms with Crippen LogP contribution in [0.3, 0.4) is 0 Å². The Balaban J connectivity index is 4.28. The van der Waals surface area contributed by atoms with E-state index in [1.54, 1.807) is 6.92 Å². The highest BCUT2D eigenvalue weighted by Crippen LogP contribution is 1.99. The maximum atomic E-state index is 11.5. The van der Waals surface area contributed by atoms with Gasteiger partial charge in [0.2, 0.25) is 27.8 Å². The SMILES string of the molecule is [B]NC(=O)CCN(CCC(=O)N[B])C(=O)OCC. The van der Waals surface area contributed by atoms with Crippen molar-refractivity contribution in [2.75, 3.05) is 19.7 Å². The Bertz CT molecular complexity index is 282. The molecule has 0 aliphatic rings. The standard InChI is InChI=1S/C9H15B2N3O4/c1-2-18-9(17)14(5-3-7(15)12-10)6-4-8(16)13-11/h2-6H2,1H3,(H,12,15)(H,13,16). The number of hydrogen-bond donors (Lipinski definition) is 2. The van der Waals surface area contributed by atoms with Crippen molar-refractivity contribution in [2.45, 2.75) is 19.8 Å². The second-order valence-electron chi connectivity index (χ2n) is 3.32. The van der Waals surface area contributed by atoms with Crippen molar-refractivity contribution >= 4 is 33.9 Å². The molecule has 2 N–H and O–H groups in total. The van der Waals surface area contributed by atoms with Crippen molar-refractivity contribution in [1.82, 2.24) is 15.4 Å². The van der Waals surface area contributed by atoms with Crippen LogP contribution >= 0.6 is 0 Å². The Morgan fingerprint density at radius 3 is 1.83 bits per heavy atom. The van der Waals surface area contributed by atoms with Gasteiger partial charge in [0.25, 0.3) is 0 Å². The van der Waals surface area contributed by atoms with E-state index < -0.39 is 17.9 Å². The third-order valence-electron chi connectivity index (χ3n) is 2.07. The van der Waals surface area contributed by atoms with Gasteiger partial charge < -0.3 is 20.1 Å². The van der Waals surface area contributed by atoms with Gasteiger partial charge in [-0.25, -0.2) is 4.79 Å². The summed E-state index contributed by atoms with van der Waals surface area (Å²) in [4.78, 5) is 34.7. The van der Waals surface area contributed by atoms with Crippen molar-refractivity contribution < 1.29 is 19.1 Å². The monoisotopic (exact) mass is 251 g/mol. The highest BCUT2D eigenvalue weighted by molar-refractivity contribution is 6.14. The smallest absolute Gasteiger partial charge is 0.409 e. The van der Waals surface area contributed by atoms with Gasteiger partial charge in [-0.2, -0.15) is 0 Å². The summed E-state index contributed by atoms with van der Waals surface area (Å²) in [5, 5.41) is 3.90. The van der Waals surface area contributed by atoms with Crippen LogP contribution in [0.1, 0.15) is 19.8 Å². The number of rotatable bonds is 7. The molecule has 0 saturated carbocycles. The fourth-order valence-electron chi connectivity index (χ4n) is 1.13. The van der Waals surface area contributed by atoms with Gasteiger partial charge in [-0.15, -0.1) is 0 Å². The molecular formula is C9H15B2N3O4. The largest absolute Gasteiger partial charge is 0.450 e. The molecule has 0 aliphatic carbocycles. The van der Waals surface area contributed by atoms with Crippen molar-refractivity contribution in [3.63, 3.8) is 0 Å². The minimum Gasteiger partial charge on any atom is -0.450 e. The van der Waals surface area contributed by atoms with E-state index in [9.17, 15) is 14.4 Å². The number of hydrogen-bond acceptors (Lipinski definition) is 4. The van der Waals surface area contributed by atoms with Gasteiger partial charge in [-0.05, 0) is 6.92 Å². The summed E-state index contributed by atoms with van der Waals surface area (Å²) in [5.41, 5.74) is 0. The molecule has 0 saturated heterocycles. The molecule has 3 amide bonds. The van der Waals surface area contributed by atoms with E-state index in [2.05, 4.69) is 0 Å². The summed E-state index contributed by atoms with van der Waals surface area (Å²) in [6.07, 6.45) is -0.536. The van der Waals surface area contributed by atoms with Gasteiger partial charge in [0.05, 0.1) is 6.61 Å². The summed E-state index contributed by atoms with van der Waals surface area (Å²) < 4.78 is 4.80. The number of carbonyl (C=O) groups is 3. The Morgan fingerprint density at radius 2 is 1.50 bits per heavy atom. The van der Waals surface area contributed by atoms with Crippen LogP contribution in [-0.2, 0) is 14.3 Å².